The number of hydrogen-bond acceptors (Lipinski definition) is 4. The third-order valence-electron chi connectivity index (χ3n) is 2.89. The fourth-order valence-corrected chi connectivity index (χ4v) is 2.30. The van der Waals surface area contributed by atoms with Crippen molar-refractivity contribution >= 4 is 21.7 Å². The van der Waals surface area contributed by atoms with Gasteiger partial charge in [0.25, 0.3) is 5.91 Å². The Balaban J connectivity index is 3.13. The first-order valence-electron chi connectivity index (χ1n) is 6.01. The van der Waals surface area contributed by atoms with Crippen molar-refractivity contribution in [3.8, 4) is 0 Å². The number of carboxylic acid groups (broad SMARTS) is 1. The number of amides is 1. The third kappa shape index (κ3) is 3.80. The first kappa shape index (κ1) is 16.2. The van der Waals surface area contributed by atoms with Crippen LogP contribution in [0.1, 0.15) is 29.3 Å². The van der Waals surface area contributed by atoms with Crippen LogP contribution in [0.2, 0.25) is 0 Å². The highest BCUT2D eigenvalue weighted by molar-refractivity contribution is 7.90. The van der Waals surface area contributed by atoms with Crippen LogP contribution in [0.4, 0.5) is 0 Å². The van der Waals surface area contributed by atoms with Crippen molar-refractivity contribution in [1.82, 2.24) is 5.32 Å². The van der Waals surface area contributed by atoms with Gasteiger partial charge in [0, 0.05) is 11.8 Å². The number of carbonyl (C=O) groups excluding carboxylic acids is 1. The smallest absolute Gasteiger partial charge is 0.326 e. The van der Waals surface area contributed by atoms with E-state index in [1.165, 1.54) is 18.2 Å². The van der Waals surface area contributed by atoms with Crippen molar-refractivity contribution in [3.05, 3.63) is 29.3 Å². The Hall–Kier alpha value is -1.89. The van der Waals surface area contributed by atoms with Crippen molar-refractivity contribution in [1.29, 1.82) is 0 Å². The van der Waals surface area contributed by atoms with Gasteiger partial charge in [-0.3, -0.25) is 4.79 Å². The van der Waals surface area contributed by atoms with E-state index in [0.717, 1.165) is 6.26 Å². The van der Waals surface area contributed by atoms with Crippen LogP contribution in [0, 0.1) is 6.92 Å². The second kappa shape index (κ2) is 6.04. The van der Waals surface area contributed by atoms with Gasteiger partial charge in [0.1, 0.15) is 6.04 Å². The number of rotatable bonds is 5. The highest BCUT2D eigenvalue weighted by Gasteiger charge is 2.20. The Bertz CT molecular complexity index is 636. The lowest BCUT2D eigenvalue weighted by Gasteiger charge is -2.14. The van der Waals surface area contributed by atoms with E-state index in [0.29, 0.717) is 5.56 Å². The summed E-state index contributed by atoms with van der Waals surface area (Å²) in [5.74, 6) is -1.72. The minimum Gasteiger partial charge on any atom is -0.480 e. The maximum atomic E-state index is 12.0. The second-order valence-corrected chi connectivity index (χ2v) is 6.54. The third-order valence-corrected chi connectivity index (χ3v) is 4.00. The summed E-state index contributed by atoms with van der Waals surface area (Å²) in [5, 5.41) is 11.3. The molecule has 0 heterocycles. The molecule has 0 fully saturated rings. The molecule has 0 spiro atoms. The molecule has 0 aromatic heterocycles. The Morgan fingerprint density at radius 2 is 1.95 bits per heavy atom. The zero-order chi connectivity index (χ0) is 15.5. The van der Waals surface area contributed by atoms with Gasteiger partial charge < -0.3 is 10.4 Å². The molecular weight excluding hydrogens is 282 g/mol. The lowest BCUT2D eigenvalue weighted by molar-refractivity contribution is -0.139. The summed E-state index contributed by atoms with van der Waals surface area (Å²) in [4.78, 5) is 23.0. The maximum absolute atomic E-state index is 12.0. The minimum absolute atomic E-state index is 0.0247. The minimum atomic E-state index is -3.42. The molecule has 0 aliphatic heterocycles. The molecule has 20 heavy (non-hydrogen) atoms. The summed E-state index contributed by atoms with van der Waals surface area (Å²) >= 11 is 0. The predicted octanol–water partition coefficient (Wildman–Crippen LogP) is 0.992. The fourth-order valence-electron chi connectivity index (χ4n) is 1.65. The number of carbonyl (C=O) groups is 2. The van der Waals surface area contributed by atoms with E-state index in [1.54, 1.807) is 13.8 Å². The van der Waals surface area contributed by atoms with Gasteiger partial charge in [0.05, 0.1) is 4.90 Å². The SMILES string of the molecule is CC[C@H](NC(=O)c1cc(S(C)(=O)=O)ccc1C)C(=O)O. The summed E-state index contributed by atoms with van der Waals surface area (Å²) < 4.78 is 23.0. The molecule has 6 nitrogen and oxygen atoms in total. The molecule has 0 saturated carbocycles. The van der Waals surface area contributed by atoms with Gasteiger partial charge >= 0.3 is 5.97 Å². The van der Waals surface area contributed by atoms with Crippen LogP contribution >= 0.6 is 0 Å². The Kier molecular flexibility index (Phi) is 4.88. The Morgan fingerprint density at radius 3 is 2.40 bits per heavy atom. The van der Waals surface area contributed by atoms with Crippen molar-refractivity contribution in [2.45, 2.75) is 31.2 Å². The molecule has 2 N–H and O–H groups in total. The number of carboxylic acids is 1. The number of aryl methyl sites for hydroxylation is 1. The lowest BCUT2D eigenvalue weighted by atomic mass is 10.1. The van der Waals surface area contributed by atoms with Gasteiger partial charge in [0.15, 0.2) is 9.84 Å². The van der Waals surface area contributed by atoms with E-state index >= 15 is 0 Å². The number of aliphatic carboxylic acids is 1. The van der Waals surface area contributed by atoms with Crippen molar-refractivity contribution in [3.63, 3.8) is 0 Å². The molecule has 110 valence electrons. The first-order valence-corrected chi connectivity index (χ1v) is 7.90. The number of nitrogens with one attached hydrogen (secondary N) is 1. The van der Waals surface area contributed by atoms with Gasteiger partial charge in [-0.15, -0.1) is 0 Å². The first-order chi connectivity index (χ1) is 9.16. The molecule has 0 aliphatic rings. The molecule has 0 aliphatic carbocycles. The monoisotopic (exact) mass is 299 g/mol. The zero-order valence-corrected chi connectivity index (χ0v) is 12.3. The van der Waals surface area contributed by atoms with Crippen LogP contribution in [0.25, 0.3) is 0 Å². The van der Waals surface area contributed by atoms with Crippen LogP contribution in [0.3, 0.4) is 0 Å². The largest absolute Gasteiger partial charge is 0.480 e. The van der Waals surface area contributed by atoms with Crippen molar-refractivity contribution < 1.29 is 23.1 Å². The molecule has 7 heteroatoms. The van der Waals surface area contributed by atoms with Crippen molar-refractivity contribution in [2.24, 2.45) is 0 Å². The van der Waals surface area contributed by atoms with Crippen LogP contribution in [-0.4, -0.2) is 37.7 Å². The molecule has 0 unspecified atom stereocenters. The molecule has 1 aromatic rings. The summed E-state index contributed by atoms with van der Waals surface area (Å²) in [6.45, 7) is 3.29. The Labute approximate surface area is 117 Å². The van der Waals surface area contributed by atoms with E-state index in [1.807, 2.05) is 0 Å². The molecule has 1 atom stereocenters. The maximum Gasteiger partial charge on any atom is 0.326 e. The number of sulfone groups is 1. The second-order valence-electron chi connectivity index (χ2n) is 4.52. The standard InChI is InChI=1S/C13H17NO5S/c1-4-11(13(16)17)14-12(15)10-7-9(20(3,18)19)6-5-8(10)2/h5-7,11H,4H2,1-3H3,(H,14,15)(H,16,17)/t11-/m0/s1. The van der Waals surface area contributed by atoms with E-state index in [2.05, 4.69) is 5.32 Å². The van der Waals surface area contributed by atoms with Crippen LogP contribution in [-0.2, 0) is 14.6 Å². The molecule has 1 aromatic carbocycles. The average Bonchev–Trinajstić information content (AvgIpc) is 2.34. The summed E-state index contributed by atoms with van der Waals surface area (Å²) in [5.41, 5.74) is 0.739. The topological polar surface area (TPSA) is 101 Å². The summed E-state index contributed by atoms with van der Waals surface area (Å²) in [6, 6.07) is 3.20. The molecular formula is C13H17NO5S. The highest BCUT2D eigenvalue weighted by Crippen LogP contribution is 2.16. The van der Waals surface area contributed by atoms with Crippen LogP contribution in [0.15, 0.2) is 23.1 Å². The predicted molar refractivity (Wildman–Crippen MR) is 73.5 cm³/mol. The molecule has 1 amide bonds. The fraction of sp³-hybridized carbons (Fsp3) is 0.385. The number of hydrogen-bond donors (Lipinski definition) is 2. The van der Waals surface area contributed by atoms with Gasteiger partial charge in [0.2, 0.25) is 0 Å². The normalized spacial score (nSPS) is 12.8. The zero-order valence-electron chi connectivity index (χ0n) is 11.5. The molecule has 0 saturated heterocycles. The van der Waals surface area contributed by atoms with E-state index < -0.39 is 27.8 Å². The van der Waals surface area contributed by atoms with Gasteiger partial charge in [-0.05, 0) is 31.0 Å². The van der Waals surface area contributed by atoms with Crippen molar-refractivity contribution in [2.75, 3.05) is 6.26 Å². The van der Waals surface area contributed by atoms with Crippen LogP contribution < -0.4 is 5.32 Å². The van der Waals surface area contributed by atoms with E-state index in [4.69, 9.17) is 5.11 Å². The lowest BCUT2D eigenvalue weighted by Crippen LogP contribution is -2.40. The van der Waals surface area contributed by atoms with E-state index in [-0.39, 0.29) is 16.9 Å². The van der Waals surface area contributed by atoms with E-state index in [9.17, 15) is 18.0 Å². The summed E-state index contributed by atoms with van der Waals surface area (Å²) in [7, 11) is -3.42. The quantitative estimate of drug-likeness (QED) is 0.844. The van der Waals surface area contributed by atoms with Gasteiger partial charge in [-0.2, -0.15) is 0 Å². The molecule has 0 radical (unpaired) electrons. The Morgan fingerprint density at radius 1 is 1.35 bits per heavy atom. The molecule has 1 rings (SSSR count). The number of benzene rings is 1. The molecule has 0 bridgehead atoms. The van der Waals surface area contributed by atoms with Crippen LogP contribution in [0.5, 0.6) is 0 Å². The highest BCUT2D eigenvalue weighted by atomic mass is 32.2. The van der Waals surface area contributed by atoms with Gasteiger partial charge in [-0.1, -0.05) is 13.0 Å². The summed E-state index contributed by atoms with van der Waals surface area (Å²) in [6.07, 6.45) is 1.29. The average molecular weight is 299 g/mol. The van der Waals surface area contributed by atoms with Gasteiger partial charge in [-0.25, -0.2) is 13.2 Å².